The maximum absolute atomic E-state index is 11.4. The van der Waals surface area contributed by atoms with Crippen LogP contribution in [0.15, 0.2) is 48.8 Å². The lowest BCUT2D eigenvalue weighted by molar-refractivity contribution is 0.0696. The summed E-state index contributed by atoms with van der Waals surface area (Å²) >= 11 is 0. The highest BCUT2D eigenvalue weighted by molar-refractivity contribution is 5.99. The van der Waals surface area contributed by atoms with Crippen molar-refractivity contribution in [1.82, 2.24) is 4.98 Å². The number of hydrogen-bond acceptors (Lipinski definition) is 2. The first-order valence-electron chi connectivity index (χ1n) is 6.75. The van der Waals surface area contributed by atoms with Gasteiger partial charge in [0.15, 0.2) is 0 Å². The van der Waals surface area contributed by atoms with E-state index in [-0.39, 0.29) is 0 Å². The molecular weight excluding hydrogens is 262 g/mol. The van der Waals surface area contributed by atoms with E-state index in [2.05, 4.69) is 4.98 Å². The van der Waals surface area contributed by atoms with E-state index >= 15 is 0 Å². The van der Waals surface area contributed by atoms with Gasteiger partial charge in [-0.1, -0.05) is 24.3 Å². The molecule has 0 aliphatic rings. The number of nitrogens with zero attached hydrogens (tertiary/aromatic N) is 1. The van der Waals surface area contributed by atoms with Crippen LogP contribution in [0.2, 0.25) is 0 Å². The smallest absolute Gasteiger partial charge is 0.335 e. The first-order valence-corrected chi connectivity index (χ1v) is 6.75. The molecule has 2 aromatic carbocycles. The molecule has 0 bridgehead atoms. The third-order valence-corrected chi connectivity index (χ3v) is 3.77. The number of aromatic nitrogens is 1. The topological polar surface area (TPSA) is 50.2 Å². The zero-order valence-corrected chi connectivity index (χ0v) is 11.9. The summed E-state index contributed by atoms with van der Waals surface area (Å²) in [5.74, 6) is -0.893. The maximum Gasteiger partial charge on any atom is 0.335 e. The van der Waals surface area contributed by atoms with E-state index in [9.17, 15) is 9.90 Å². The molecule has 1 aromatic heterocycles. The van der Waals surface area contributed by atoms with Gasteiger partial charge in [-0.25, -0.2) is 4.79 Å². The van der Waals surface area contributed by atoms with Crippen molar-refractivity contribution < 1.29 is 9.90 Å². The number of carboxylic acids is 1. The van der Waals surface area contributed by atoms with Crippen LogP contribution in [-0.4, -0.2) is 16.1 Å². The summed E-state index contributed by atoms with van der Waals surface area (Å²) in [6, 6.07) is 11.7. The van der Waals surface area contributed by atoms with Crippen LogP contribution in [0.1, 0.15) is 21.5 Å². The van der Waals surface area contributed by atoms with Crippen LogP contribution in [0.4, 0.5) is 0 Å². The minimum Gasteiger partial charge on any atom is -0.478 e. The van der Waals surface area contributed by atoms with E-state index in [1.54, 1.807) is 12.3 Å². The number of hydrogen-bond donors (Lipinski definition) is 1. The van der Waals surface area contributed by atoms with Crippen molar-refractivity contribution in [2.75, 3.05) is 0 Å². The Bertz CT molecular complexity index is 848. The molecular formula is C18H15NO2. The lowest BCUT2D eigenvalue weighted by Gasteiger charge is -2.12. The van der Waals surface area contributed by atoms with Gasteiger partial charge < -0.3 is 5.11 Å². The van der Waals surface area contributed by atoms with E-state index in [4.69, 9.17) is 0 Å². The molecule has 0 unspecified atom stereocenters. The van der Waals surface area contributed by atoms with Crippen LogP contribution >= 0.6 is 0 Å². The molecule has 0 amide bonds. The Morgan fingerprint density at radius 3 is 2.62 bits per heavy atom. The van der Waals surface area contributed by atoms with Gasteiger partial charge in [0.25, 0.3) is 0 Å². The number of benzene rings is 2. The predicted octanol–water partition coefficient (Wildman–Crippen LogP) is 4.22. The van der Waals surface area contributed by atoms with Gasteiger partial charge in [-0.3, -0.25) is 4.98 Å². The standard InChI is InChI=1S/C18H15NO2/c1-11-8-12(2)17(18(20)21)9-16(11)15-5-3-4-13-10-19-7-6-14(13)15/h3-10H,1-2H3,(H,20,21). The molecule has 0 fully saturated rings. The van der Waals surface area contributed by atoms with Gasteiger partial charge in [0.2, 0.25) is 0 Å². The van der Waals surface area contributed by atoms with Gasteiger partial charge in [-0.05, 0) is 53.6 Å². The maximum atomic E-state index is 11.4. The molecule has 0 radical (unpaired) electrons. The zero-order valence-electron chi connectivity index (χ0n) is 11.9. The minimum atomic E-state index is -0.893. The summed E-state index contributed by atoms with van der Waals surface area (Å²) in [6.45, 7) is 3.83. The van der Waals surface area contributed by atoms with Crippen molar-refractivity contribution in [2.24, 2.45) is 0 Å². The van der Waals surface area contributed by atoms with Crippen LogP contribution in [-0.2, 0) is 0 Å². The first kappa shape index (κ1) is 13.3. The Morgan fingerprint density at radius 2 is 1.86 bits per heavy atom. The van der Waals surface area contributed by atoms with E-state index in [1.807, 2.05) is 50.4 Å². The van der Waals surface area contributed by atoms with Crippen molar-refractivity contribution in [3.05, 3.63) is 65.5 Å². The number of aromatic carboxylic acids is 1. The number of aryl methyl sites for hydroxylation is 2. The third-order valence-electron chi connectivity index (χ3n) is 3.77. The van der Waals surface area contributed by atoms with E-state index in [0.717, 1.165) is 33.0 Å². The molecule has 3 aromatic rings. The van der Waals surface area contributed by atoms with Crippen LogP contribution in [0.5, 0.6) is 0 Å². The molecule has 1 N–H and O–H groups in total. The van der Waals surface area contributed by atoms with Gasteiger partial charge in [0, 0.05) is 17.8 Å². The molecule has 3 nitrogen and oxygen atoms in total. The number of carboxylic acid groups (broad SMARTS) is 1. The van der Waals surface area contributed by atoms with Crippen LogP contribution in [0, 0.1) is 13.8 Å². The van der Waals surface area contributed by atoms with E-state index in [0.29, 0.717) is 5.56 Å². The Hall–Kier alpha value is -2.68. The van der Waals surface area contributed by atoms with E-state index in [1.165, 1.54) is 0 Å². The SMILES string of the molecule is Cc1cc(C)c(-c2cccc3cnccc23)cc1C(=O)O. The van der Waals surface area contributed by atoms with E-state index < -0.39 is 5.97 Å². The summed E-state index contributed by atoms with van der Waals surface area (Å²) in [5.41, 5.74) is 4.19. The summed E-state index contributed by atoms with van der Waals surface area (Å²) in [6.07, 6.45) is 3.58. The highest BCUT2D eigenvalue weighted by Crippen LogP contribution is 2.32. The van der Waals surface area contributed by atoms with Crippen LogP contribution in [0.25, 0.3) is 21.9 Å². The monoisotopic (exact) mass is 277 g/mol. The molecule has 104 valence electrons. The fourth-order valence-corrected chi connectivity index (χ4v) is 2.73. The molecule has 21 heavy (non-hydrogen) atoms. The molecule has 0 saturated carbocycles. The van der Waals surface area contributed by atoms with Crippen molar-refractivity contribution in [3.63, 3.8) is 0 Å². The molecule has 0 spiro atoms. The van der Waals surface area contributed by atoms with Crippen molar-refractivity contribution in [3.8, 4) is 11.1 Å². The third kappa shape index (κ3) is 2.27. The van der Waals surface area contributed by atoms with Crippen molar-refractivity contribution >= 4 is 16.7 Å². The Labute approximate surface area is 122 Å². The highest BCUT2D eigenvalue weighted by Gasteiger charge is 2.13. The molecule has 0 aliphatic heterocycles. The number of carbonyl (C=O) groups is 1. The average Bonchev–Trinajstić information content (AvgIpc) is 2.46. The van der Waals surface area contributed by atoms with Crippen LogP contribution in [0.3, 0.4) is 0 Å². The normalized spacial score (nSPS) is 10.8. The lowest BCUT2D eigenvalue weighted by Crippen LogP contribution is -2.01. The summed E-state index contributed by atoms with van der Waals surface area (Å²) in [7, 11) is 0. The quantitative estimate of drug-likeness (QED) is 0.763. The second-order valence-corrected chi connectivity index (χ2v) is 5.19. The fourth-order valence-electron chi connectivity index (χ4n) is 2.73. The second-order valence-electron chi connectivity index (χ2n) is 5.19. The Balaban J connectivity index is 2.33. The second kappa shape index (κ2) is 5.02. The Morgan fingerprint density at radius 1 is 1.05 bits per heavy atom. The van der Waals surface area contributed by atoms with Gasteiger partial charge in [-0.15, -0.1) is 0 Å². The minimum absolute atomic E-state index is 0.349. The molecule has 3 heteroatoms. The molecule has 0 saturated heterocycles. The highest BCUT2D eigenvalue weighted by atomic mass is 16.4. The molecule has 0 atom stereocenters. The predicted molar refractivity (Wildman–Crippen MR) is 83.6 cm³/mol. The molecule has 3 rings (SSSR count). The lowest BCUT2D eigenvalue weighted by atomic mass is 9.92. The first-order chi connectivity index (χ1) is 10.1. The zero-order chi connectivity index (χ0) is 15.0. The van der Waals surface area contributed by atoms with Crippen molar-refractivity contribution in [2.45, 2.75) is 13.8 Å². The largest absolute Gasteiger partial charge is 0.478 e. The fraction of sp³-hybridized carbons (Fsp3) is 0.111. The van der Waals surface area contributed by atoms with Crippen molar-refractivity contribution in [1.29, 1.82) is 0 Å². The number of pyridine rings is 1. The van der Waals surface area contributed by atoms with Gasteiger partial charge in [0.05, 0.1) is 5.56 Å². The number of fused-ring (bicyclic) bond motifs is 1. The average molecular weight is 277 g/mol. The summed E-state index contributed by atoms with van der Waals surface area (Å²) in [5, 5.41) is 11.5. The molecule has 0 aliphatic carbocycles. The van der Waals surface area contributed by atoms with Gasteiger partial charge in [0.1, 0.15) is 0 Å². The Kier molecular flexibility index (Phi) is 3.18. The van der Waals surface area contributed by atoms with Gasteiger partial charge >= 0.3 is 5.97 Å². The number of rotatable bonds is 2. The van der Waals surface area contributed by atoms with Crippen LogP contribution < -0.4 is 0 Å². The summed E-state index contributed by atoms with van der Waals surface area (Å²) < 4.78 is 0. The van der Waals surface area contributed by atoms with Gasteiger partial charge in [-0.2, -0.15) is 0 Å². The molecule has 1 heterocycles. The summed E-state index contributed by atoms with van der Waals surface area (Å²) in [4.78, 5) is 15.5.